The first-order valence-electron chi connectivity index (χ1n) is 9.50. The predicted octanol–water partition coefficient (Wildman–Crippen LogP) is 3.56. The van der Waals surface area contributed by atoms with Gasteiger partial charge in [-0.2, -0.15) is 9.61 Å². The second-order valence-corrected chi connectivity index (χ2v) is 7.61. The largest absolute Gasteiger partial charge is 0.493 e. The van der Waals surface area contributed by atoms with Gasteiger partial charge in [0.1, 0.15) is 5.03 Å². The molecule has 4 rings (SSSR count). The Hall–Kier alpha value is -3.59. The molecule has 0 aliphatic heterocycles. The summed E-state index contributed by atoms with van der Waals surface area (Å²) in [6.07, 6.45) is 0. The van der Waals surface area contributed by atoms with Gasteiger partial charge in [-0.05, 0) is 42.5 Å². The lowest BCUT2D eigenvalue weighted by Crippen LogP contribution is -2.27. The average molecular weight is 436 g/mol. The molecule has 0 saturated carbocycles. The molecule has 2 heterocycles. The lowest BCUT2D eigenvalue weighted by Gasteiger charge is -2.16. The third kappa shape index (κ3) is 4.31. The lowest BCUT2D eigenvalue weighted by molar-refractivity contribution is -0.115. The van der Waals surface area contributed by atoms with Crippen molar-refractivity contribution in [1.82, 2.24) is 19.8 Å². The van der Waals surface area contributed by atoms with Crippen molar-refractivity contribution in [1.29, 1.82) is 0 Å². The summed E-state index contributed by atoms with van der Waals surface area (Å²) >= 11 is 1.36. The van der Waals surface area contributed by atoms with E-state index in [9.17, 15) is 4.79 Å². The highest BCUT2D eigenvalue weighted by Crippen LogP contribution is 2.31. The van der Waals surface area contributed by atoms with Gasteiger partial charge in [0.25, 0.3) is 0 Å². The SMILES string of the molecule is COc1ccc(-c2nnc3ccc(SCC(=O)N(C)c4ccccc4)nn23)cc1OC. The van der Waals surface area contributed by atoms with E-state index in [0.717, 1.165) is 11.3 Å². The Morgan fingerprint density at radius 1 is 1.00 bits per heavy atom. The molecule has 0 aliphatic rings. The summed E-state index contributed by atoms with van der Waals surface area (Å²) in [5.41, 5.74) is 2.26. The minimum absolute atomic E-state index is 0.0121. The Kier molecular flexibility index (Phi) is 6.03. The third-order valence-corrected chi connectivity index (χ3v) is 5.65. The van der Waals surface area contributed by atoms with Gasteiger partial charge in [0, 0.05) is 18.3 Å². The number of methoxy groups -OCH3 is 2. The van der Waals surface area contributed by atoms with Crippen LogP contribution in [-0.2, 0) is 4.79 Å². The number of ether oxygens (including phenoxy) is 2. The van der Waals surface area contributed by atoms with E-state index in [2.05, 4.69) is 15.3 Å². The summed E-state index contributed by atoms with van der Waals surface area (Å²) in [6, 6.07) is 18.7. The number of nitrogens with zero attached hydrogens (tertiary/aromatic N) is 5. The maximum Gasteiger partial charge on any atom is 0.237 e. The first-order chi connectivity index (χ1) is 15.1. The molecule has 0 spiro atoms. The van der Waals surface area contributed by atoms with Gasteiger partial charge in [0.15, 0.2) is 23.0 Å². The zero-order valence-corrected chi connectivity index (χ0v) is 18.2. The molecule has 0 N–H and O–H groups in total. The van der Waals surface area contributed by atoms with Gasteiger partial charge in [-0.3, -0.25) is 4.79 Å². The van der Waals surface area contributed by atoms with Crippen LogP contribution < -0.4 is 14.4 Å². The van der Waals surface area contributed by atoms with Crippen molar-refractivity contribution >= 4 is 29.0 Å². The molecule has 1 amide bonds. The van der Waals surface area contributed by atoms with Crippen molar-refractivity contribution in [2.75, 3.05) is 31.9 Å². The van der Waals surface area contributed by atoms with Crippen molar-refractivity contribution in [3.63, 3.8) is 0 Å². The van der Waals surface area contributed by atoms with Crippen LogP contribution in [0.3, 0.4) is 0 Å². The number of aromatic nitrogens is 4. The monoisotopic (exact) mass is 435 g/mol. The fourth-order valence-electron chi connectivity index (χ4n) is 3.03. The third-order valence-electron chi connectivity index (χ3n) is 4.74. The zero-order chi connectivity index (χ0) is 21.8. The summed E-state index contributed by atoms with van der Waals surface area (Å²) in [5, 5.41) is 13.8. The summed E-state index contributed by atoms with van der Waals surface area (Å²) in [6.45, 7) is 0. The molecular weight excluding hydrogens is 414 g/mol. The van der Waals surface area contributed by atoms with Crippen LogP contribution in [0.2, 0.25) is 0 Å². The fourth-order valence-corrected chi connectivity index (χ4v) is 3.80. The van der Waals surface area contributed by atoms with Gasteiger partial charge < -0.3 is 14.4 Å². The minimum Gasteiger partial charge on any atom is -0.493 e. The Bertz CT molecular complexity index is 1210. The number of anilines is 1. The maximum atomic E-state index is 12.6. The number of amides is 1. The van der Waals surface area contributed by atoms with E-state index in [-0.39, 0.29) is 11.7 Å². The molecule has 31 heavy (non-hydrogen) atoms. The summed E-state index contributed by atoms with van der Waals surface area (Å²) in [7, 11) is 4.94. The Balaban J connectivity index is 1.55. The van der Waals surface area contributed by atoms with Gasteiger partial charge in [-0.15, -0.1) is 10.2 Å². The van der Waals surface area contributed by atoms with E-state index in [4.69, 9.17) is 9.47 Å². The molecule has 0 radical (unpaired) electrons. The topological polar surface area (TPSA) is 81.9 Å². The van der Waals surface area contributed by atoms with Crippen LogP contribution in [0.1, 0.15) is 0 Å². The first kappa shape index (κ1) is 20.7. The molecule has 9 heteroatoms. The van der Waals surface area contributed by atoms with Gasteiger partial charge in [0.05, 0.1) is 20.0 Å². The quantitative estimate of drug-likeness (QED) is 0.411. The summed E-state index contributed by atoms with van der Waals surface area (Å²) < 4.78 is 12.3. The highest BCUT2D eigenvalue weighted by molar-refractivity contribution is 7.99. The van der Waals surface area contributed by atoms with Crippen molar-refractivity contribution in [2.45, 2.75) is 5.03 Å². The Morgan fingerprint density at radius 2 is 1.77 bits per heavy atom. The summed E-state index contributed by atoms with van der Waals surface area (Å²) in [4.78, 5) is 14.2. The van der Waals surface area contributed by atoms with Crippen molar-refractivity contribution in [3.8, 4) is 22.9 Å². The van der Waals surface area contributed by atoms with Gasteiger partial charge in [0.2, 0.25) is 5.91 Å². The number of hydrogen-bond acceptors (Lipinski definition) is 7. The second-order valence-electron chi connectivity index (χ2n) is 6.61. The molecule has 0 saturated heterocycles. The molecule has 0 atom stereocenters. The van der Waals surface area contributed by atoms with Gasteiger partial charge in [-0.1, -0.05) is 30.0 Å². The van der Waals surface area contributed by atoms with Crippen molar-refractivity contribution in [3.05, 3.63) is 60.7 Å². The number of hydrogen-bond donors (Lipinski definition) is 0. The van der Waals surface area contributed by atoms with Crippen LogP contribution in [0.15, 0.2) is 65.7 Å². The van der Waals surface area contributed by atoms with E-state index >= 15 is 0 Å². The van der Waals surface area contributed by atoms with E-state index in [0.29, 0.717) is 28.0 Å². The number of carbonyl (C=O) groups excluding carboxylic acids is 1. The minimum atomic E-state index is -0.0121. The Morgan fingerprint density at radius 3 is 2.52 bits per heavy atom. The molecule has 2 aromatic heterocycles. The van der Waals surface area contributed by atoms with Crippen LogP contribution >= 0.6 is 11.8 Å². The molecule has 4 aromatic rings. The number of carbonyl (C=O) groups is 1. The summed E-state index contributed by atoms with van der Waals surface area (Å²) in [5.74, 6) is 2.05. The normalized spacial score (nSPS) is 10.8. The molecule has 0 fully saturated rings. The number of para-hydroxylation sites is 1. The van der Waals surface area contributed by atoms with Gasteiger partial charge >= 0.3 is 0 Å². The molecule has 158 valence electrons. The molecular formula is C22H21N5O3S. The van der Waals surface area contributed by atoms with E-state index in [1.54, 1.807) is 30.7 Å². The fraction of sp³-hybridized carbons (Fsp3) is 0.182. The van der Waals surface area contributed by atoms with E-state index in [1.807, 2.05) is 60.7 Å². The van der Waals surface area contributed by atoms with E-state index < -0.39 is 0 Å². The lowest BCUT2D eigenvalue weighted by atomic mass is 10.2. The maximum absolute atomic E-state index is 12.6. The molecule has 8 nitrogen and oxygen atoms in total. The second kappa shape index (κ2) is 9.05. The zero-order valence-electron chi connectivity index (χ0n) is 17.3. The van der Waals surface area contributed by atoms with Crippen LogP contribution in [0.25, 0.3) is 17.0 Å². The highest BCUT2D eigenvalue weighted by atomic mass is 32.2. The molecule has 0 unspecified atom stereocenters. The van der Waals surface area contributed by atoms with Crippen LogP contribution in [0.5, 0.6) is 11.5 Å². The molecule has 0 aliphatic carbocycles. The standard InChI is InChI=1S/C22H21N5O3S/c1-26(16-7-5-4-6-8-16)21(28)14-31-20-12-11-19-23-24-22(27(19)25-20)15-9-10-17(29-2)18(13-15)30-3/h4-13H,14H2,1-3H3. The van der Waals surface area contributed by atoms with Crippen LogP contribution in [0, 0.1) is 0 Å². The molecule has 2 aromatic carbocycles. The van der Waals surface area contributed by atoms with Crippen molar-refractivity contribution < 1.29 is 14.3 Å². The smallest absolute Gasteiger partial charge is 0.237 e. The number of thioether (sulfide) groups is 1. The average Bonchev–Trinajstić information content (AvgIpc) is 3.25. The number of fused-ring (bicyclic) bond motifs is 1. The molecule has 0 bridgehead atoms. The number of benzene rings is 2. The van der Waals surface area contributed by atoms with Gasteiger partial charge in [-0.25, -0.2) is 0 Å². The first-order valence-corrected chi connectivity index (χ1v) is 10.5. The predicted molar refractivity (Wildman–Crippen MR) is 120 cm³/mol. The van der Waals surface area contributed by atoms with Crippen LogP contribution in [0.4, 0.5) is 5.69 Å². The van der Waals surface area contributed by atoms with Crippen molar-refractivity contribution in [2.24, 2.45) is 0 Å². The van der Waals surface area contributed by atoms with E-state index in [1.165, 1.54) is 11.8 Å². The Labute approximate surface area is 183 Å². The number of rotatable bonds is 7. The van der Waals surface area contributed by atoms with Crippen LogP contribution in [-0.4, -0.2) is 52.7 Å². The highest BCUT2D eigenvalue weighted by Gasteiger charge is 2.15.